The Bertz CT molecular complexity index is 697. The lowest BCUT2D eigenvalue weighted by molar-refractivity contribution is 0.184. The van der Waals surface area contributed by atoms with Crippen molar-refractivity contribution in [1.82, 2.24) is 20.0 Å². The molecule has 1 N–H and O–H groups in total. The van der Waals surface area contributed by atoms with E-state index < -0.39 is 0 Å². The van der Waals surface area contributed by atoms with Crippen LogP contribution >= 0.6 is 0 Å². The van der Waals surface area contributed by atoms with Crippen molar-refractivity contribution in [1.29, 1.82) is 0 Å². The molecule has 0 radical (unpaired) electrons. The van der Waals surface area contributed by atoms with Gasteiger partial charge in [-0.2, -0.15) is 4.98 Å². The number of pyridine rings is 1. The molecule has 0 aromatic carbocycles. The van der Waals surface area contributed by atoms with Crippen molar-refractivity contribution in [2.24, 2.45) is 0 Å². The standard InChI is InChI=1S/C16H22N6O2/c1-11-18-15(24-20-11)12-5-4-8-22(10-12)16(23)19-13-6-7-14(17-9-13)21(2)3/h6-7,9,12H,4-5,8,10H2,1-3H3,(H,19,23)/t12-/m1/s1. The summed E-state index contributed by atoms with van der Waals surface area (Å²) in [5, 5.41) is 6.73. The van der Waals surface area contributed by atoms with Crippen molar-refractivity contribution in [3.8, 4) is 0 Å². The number of carbonyl (C=O) groups excluding carboxylic acids is 1. The fourth-order valence-corrected chi connectivity index (χ4v) is 2.77. The number of amides is 2. The number of nitrogens with one attached hydrogen (secondary N) is 1. The van der Waals surface area contributed by atoms with Crippen LogP contribution in [0.15, 0.2) is 22.9 Å². The van der Waals surface area contributed by atoms with Crippen LogP contribution in [0.5, 0.6) is 0 Å². The Hall–Kier alpha value is -2.64. The van der Waals surface area contributed by atoms with E-state index in [-0.39, 0.29) is 11.9 Å². The van der Waals surface area contributed by atoms with Crippen LogP contribution in [0, 0.1) is 6.92 Å². The second-order valence-electron chi connectivity index (χ2n) is 6.19. The minimum atomic E-state index is -0.129. The van der Waals surface area contributed by atoms with Crippen LogP contribution < -0.4 is 10.2 Å². The highest BCUT2D eigenvalue weighted by molar-refractivity contribution is 5.89. The molecule has 1 fully saturated rings. The fraction of sp³-hybridized carbons (Fsp3) is 0.500. The Kier molecular flexibility index (Phi) is 4.64. The third-order valence-electron chi connectivity index (χ3n) is 4.06. The topological polar surface area (TPSA) is 87.4 Å². The molecule has 1 aliphatic rings. The highest BCUT2D eigenvalue weighted by Gasteiger charge is 2.28. The van der Waals surface area contributed by atoms with Gasteiger partial charge in [0, 0.05) is 27.2 Å². The van der Waals surface area contributed by atoms with Crippen molar-refractivity contribution in [3.05, 3.63) is 30.0 Å². The maximum Gasteiger partial charge on any atom is 0.321 e. The lowest BCUT2D eigenvalue weighted by Crippen LogP contribution is -2.41. The number of piperidine rings is 1. The maximum absolute atomic E-state index is 12.5. The predicted octanol–water partition coefficient (Wildman–Crippen LogP) is 2.25. The summed E-state index contributed by atoms with van der Waals surface area (Å²) in [6.07, 6.45) is 3.53. The number of aromatic nitrogens is 3. The minimum Gasteiger partial charge on any atom is -0.363 e. The highest BCUT2D eigenvalue weighted by atomic mass is 16.5. The van der Waals surface area contributed by atoms with Gasteiger partial charge in [0.05, 0.1) is 17.8 Å². The number of hydrogen-bond donors (Lipinski definition) is 1. The first-order chi connectivity index (χ1) is 11.5. The second-order valence-corrected chi connectivity index (χ2v) is 6.19. The summed E-state index contributed by atoms with van der Waals surface area (Å²) in [5.41, 5.74) is 0.682. The van der Waals surface area contributed by atoms with Gasteiger partial charge in [0.15, 0.2) is 5.82 Å². The van der Waals surface area contributed by atoms with Crippen LogP contribution in [0.4, 0.5) is 16.3 Å². The molecule has 0 aliphatic carbocycles. The molecule has 128 valence electrons. The van der Waals surface area contributed by atoms with Gasteiger partial charge in [-0.05, 0) is 31.9 Å². The molecule has 2 aromatic heterocycles. The molecule has 8 heteroatoms. The molecule has 3 rings (SSSR count). The molecule has 1 atom stereocenters. The first-order valence-electron chi connectivity index (χ1n) is 8.02. The first-order valence-corrected chi connectivity index (χ1v) is 8.02. The van der Waals surface area contributed by atoms with E-state index in [1.165, 1.54) is 0 Å². The van der Waals surface area contributed by atoms with Crippen molar-refractivity contribution in [2.75, 3.05) is 37.4 Å². The molecular weight excluding hydrogens is 308 g/mol. The zero-order chi connectivity index (χ0) is 17.1. The molecule has 24 heavy (non-hydrogen) atoms. The van der Waals surface area contributed by atoms with E-state index in [2.05, 4.69) is 20.4 Å². The summed E-state index contributed by atoms with van der Waals surface area (Å²) in [6, 6.07) is 3.59. The monoisotopic (exact) mass is 330 g/mol. The number of aryl methyl sites for hydroxylation is 1. The lowest BCUT2D eigenvalue weighted by atomic mass is 9.98. The summed E-state index contributed by atoms with van der Waals surface area (Å²) in [5.74, 6) is 2.18. The predicted molar refractivity (Wildman–Crippen MR) is 90.2 cm³/mol. The van der Waals surface area contributed by atoms with Gasteiger partial charge in [-0.3, -0.25) is 0 Å². The lowest BCUT2D eigenvalue weighted by Gasteiger charge is -2.31. The molecule has 0 spiro atoms. The number of likely N-dealkylation sites (tertiary alicyclic amines) is 1. The number of urea groups is 1. The summed E-state index contributed by atoms with van der Waals surface area (Å²) >= 11 is 0. The van der Waals surface area contributed by atoms with E-state index in [0.29, 0.717) is 23.9 Å². The average molecular weight is 330 g/mol. The molecule has 0 unspecified atom stereocenters. The zero-order valence-corrected chi connectivity index (χ0v) is 14.2. The zero-order valence-electron chi connectivity index (χ0n) is 14.2. The van der Waals surface area contributed by atoms with Gasteiger partial charge in [-0.25, -0.2) is 9.78 Å². The molecule has 2 amide bonds. The van der Waals surface area contributed by atoms with E-state index in [9.17, 15) is 4.79 Å². The normalized spacial score (nSPS) is 17.6. The second kappa shape index (κ2) is 6.86. The fourth-order valence-electron chi connectivity index (χ4n) is 2.77. The maximum atomic E-state index is 12.5. The van der Waals surface area contributed by atoms with Crippen LogP contribution in [0.1, 0.15) is 30.5 Å². The SMILES string of the molecule is Cc1noc([C@@H]2CCCN(C(=O)Nc3ccc(N(C)C)nc3)C2)n1. The molecule has 0 saturated carbocycles. The smallest absolute Gasteiger partial charge is 0.321 e. The summed E-state index contributed by atoms with van der Waals surface area (Å²) < 4.78 is 5.25. The van der Waals surface area contributed by atoms with E-state index in [4.69, 9.17) is 4.52 Å². The Morgan fingerprint density at radius 3 is 2.88 bits per heavy atom. The molecule has 3 heterocycles. The Labute approximate surface area is 140 Å². The highest BCUT2D eigenvalue weighted by Crippen LogP contribution is 2.26. The van der Waals surface area contributed by atoms with Gasteiger partial charge < -0.3 is 19.6 Å². The van der Waals surface area contributed by atoms with Crippen molar-refractivity contribution < 1.29 is 9.32 Å². The number of anilines is 2. The van der Waals surface area contributed by atoms with Crippen LogP contribution in [0.3, 0.4) is 0 Å². The first kappa shape index (κ1) is 16.2. The average Bonchev–Trinajstić information content (AvgIpc) is 3.02. The Balaban J connectivity index is 1.62. The number of nitrogens with zero attached hydrogens (tertiary/aromatic N) is 5. The summed E-state index contributed by atoms with van der Waals surface area (Å²) in [4.78, 5) is 24.8. The van der Waals surface area contributed by atoms with Crippen molar-refractivity contribution in [2.45, 2.75) is 25.7 Å². The Morgan fingerprint density at radius 1 is 1.42 bits per heavy atom. The third-order valence-corrected chi connectivity index (χ3v) is 4.06. The quantitative estimate of drug-likeness (QED) is 0.929. The molecule has 1 saturated heterocycles. The van der Waals surface area contributed by atoms with Gasteiger partial charge in [0.2, 0.25) is 5.89 Å². The summed E-state index contributed by atoms with van der Waals surface area (Å²) in [6.45, 7) is 3.10. The van der Waals surface area contributed by atoms with Gasteiger partial charge in [-0.1, -0.05) is 5.16 Å². The van der Waals surface area contributed by atoms with Crippen molar-refractivity contribution >= 4 is 17.5 Å². The van der Waals surface area contributed by atoms with Gasteiger partial charge in [-0.15, -0.1) is 0 Å². The number of hydrogen-bond acceptors (Lipinski definition) is 6. The number of carbonyl (C=O) groups is 1. The van der Waals surface area contributed by atoms with Crippen LogP contribution in [-0.2, 0) is 0 Å². The molecule has 8 nitrogen and oxygen atoms in total. The van der Waals surface area contributed by atoms with Crippen molar-refractivity contribution in [3.63, 3.8) is 0 Å². The van der Waals surface area contributed by atoms with Gasteiger partial charge >= 0.3 is 6.03 Å². The van der Waals surface area contributed by atoms with Gasteiger partial charge in [0.25, 0.3) is 0 Å². The molecular formula is C16H22N6O2. The molecule has 1 aliphatic heterocycles. The number of rotatable bonds is 3. The summed E-state index contributed by atoms with van der Waals surface area (Å²) in [7, 11) is 3.85. The minimum absolute atomic E-state index is 0.0972. The van der Waals surface area contributed by atoms with E-state index in [0.717, 1.165) is 25.2 Å². The van der Waals surface area contributed by atoms with E-state index >= 15 is 0 Å². The Morgan fingerprint density at radius 2 is 2.25 bits per heavy atom. The van der Waals surface area contributed by atoms with E-state index in [1.807, 2.05) is 31.1 Å². The van der Waals surface area contributed by atoms with Gasteiger partial charge in [0.1, 0.15) is 5.82 Å². The third kappa shape index (κ3) is 3.64. The van der Waals surface area contributed by atoms with Crippen LogP contribution in [-0.4, -0.2) is 53.2 Å². The van der Waals surface area contributed by atoms with Crippen LogP contribution in [0.25, 0.3) is 0 Å². The van der Waals surface area contributed by atoms with Crippen LogP contribution in [0.2, 0.25) is 0 Å². The molecule has 0 bridgehead atoms. The van der Waals surface area contributed by atoms with E-state index in [1.54, 1.807) is 18.0 Å². The molecule has 2 aromatic rings. The largest absolute Gasteiger partial charge is 0.363 e.